The number of carbonyl (C=O) groups is 1. The molecule has 13 heteroatoms. The van der Waals surface area contributed by atoms with Crippen molar-refractivity contribution in [3.63, 3.8) is 0 Å². The summed E-state index contributed by atoms with van der Waals surface area (Å²) >= 11 is 0. The molecule has 3 N–H and O–H groups in total. The van der Waals surface area contributed by atoms with E-state index in [-0.39, 0.29) is 26.4 Å². The maximum absolute atomic E-state index is 11.2. The van der Waals surface area contributed by atoms with E-state index in [1.165, 1.54) is 0 Å². The van der Waals surface area contributed by atoms with Crippen molar-refractivity contribution < 1.29 is 45.5 Å². The van der Waals surface area contributed by atoms with Gasteiger partial charge >= 0.3 is 0 Å². The lowest BCUT2D eigenvalue weighted by Crippen LogP contribution is -2.54. The van der Waals surface area contributed by atoms with Crippen molar-refractivity contribution in [1.82, 2.24) is 19.6 Å². The SMILES string of the molecule is O=C([O-])CN1CCN(CCO[O-])CCN(CCO[O-])CCN(C(CO)C(O)CO)CC1. The first-order chi connectivity index (χ1) is 14.9. The van der Waals surface area contributed by atoms with Gasteiger partial charge in [0.25, 0.3) is 0 Å². The number of aliphatic carboxylic acids is 1. The molecule has 1 heterocycles. The number of carboxylic acids is 1. The normalized spacial score (nSPS) is 21.3. The Bertz CT molecular complexity index is 477. The third-order valence-corrected chi connectivity index (χ3v) is 5.49. The van der Waals surface area contributed by atoms with E-state index in [0.717, 1.165) is 0 Å². The Kier molecular flexibility index (Phi) is 15.1. The molecule has 0 amide bonds. The average molecular weight is 451 g/mol. The van der Waals surface area contributed by atoms with Crippen molar-refractivity contribution in [2.24, 2.45) is 0 Å². The summed E-state index contributed by atoms with van der Waals surface area (Å²) in [6.45, 7) is 3.15. The summed E-state index contributed by atoms with van der Waals surface area (Å²) in [5.74, 6) is -1.22. The molecular formula is C18H35N4O9-3. The second-order valence-electron chi connectivity index (χ2n) is 7.51. The van der Waals surface area contributed by atoms with Gasteiger partial charge in [0.2, 0.25) is 0 Å². The molecule has 0 aromatic heterocycles. The fraction of sp³-hybridized carbons (Fsp3) is 0.944. The summed E-state index contributed by atoms with van der Waals surface area (Å²) < 4.78 is 0. The first kappa shape index (κ1) is 28.1. The Balaban J connectivity index is 2.97. The van der Waals surface area contributed by atoms with Crippen LogP contribution in [0.25, 0.3) is 0 Å². The predicted molar refractivity (Wildman–Crippen MR) is 102 cm³/mol. The lowest BCUT2D eigenvalue weighted by Gasteiger charge is -2.38. The zero-order valence-corrected chi connectivity index (χ0v) is 17.8. The maximum Gasteiger partial charge on any atom is 0.0947 e. The van der Waals surface area contributed by atoms with E-state index in [1.54, 1.807) is 9.80 Å². The smallest absolute Gasteiger partial charge is 0.0947 e. The highest BCUT2D eigenvalue weighted by molar-refractivity contribution is 5.66. The van der Waals surface area contributed by atoms with Crippen LogP contribution < -0.4 is 15.6 Å². The van der Waals surface area contributed by atoms with E-state index in [9.17, 15) is 35.7 Å². The van der Waals surface area contributed by atoms with E-state index >= 15 is 0 Å². The number of hydrogen-bond donors (Lipinski definition) is 3. The third kappa shape index (κ3) is 11.5. The van der Waals surface area contributed by atoms with Crippen LogP contribution in [-0.2, 0) is 14.6 Å². The van der Waals surface area contributed by atoms with Crippen molar-refractivity contribution in [3.05, 3.63) is 0 Å². The second-order valence-corrected chi connectivity index (χ2v) is 7.51. The number of carbonyl (C=O) groups excluding carboxylic acids is 1. The van der Waals surface area contributed by atoms with Gasteiger partial charge in [0.1, 0.15) is 0 Å². The van der Waals surface area contributed by atoms with E-state index in [0.29, 0.717) is 65.4 Å². The first-order valence-corrected chi connectivity index (χ1v) is 10.4. The lowest BCUT2D eigenvalue weighted by atomic mass is 10.1. The molecular weight excluding hydrogens is 416 g/mol. The van der Waals surface area contributed by atoms with Gasteiger partial charge in [0.05, 0.1) is 31.3 Å². The number of aliphatic hydroxyl groups excluding tert-OH is 3. The van der Waals surface area contributed by atoms with Gasteiger partial charge in [-0.25, -0.2) is 0 Å². The third-order valence-electron chi connectivity index (χ3n) is 5.49. The summed E-state index contributed by atoms with van der Waals surface area (Å²) in [4.78, 5) is 26.5. The summed E-state index contributed by atoms with van der Waals surface area (Å²) in [5.41, 5.74) is 0. The quantitative estimate of drug-likeness (QED) is 0.188. The minimum absolute atomic E-state index is 0.00480. The molecule has 2 atom stereocenters. The number of carboxylic acid groups (broad SMARTS) is 1. The molecule has 1 aliphatic heterocycles. The van der Waals surface area contributed by atoms with Crippen LogP contribution in [0.3, 0.4) is 0 Å². The van der Waals surface area contributed by atoms with Gasteiger partial charge in [-0.1, -0.05) is 0 Å². The summed E-state index contributed by atoms with van der Waals surface area (Å²) in [5, 5.41) is 61.3. The Morgan fingerprint density at radius 3 is 1.68 bits per heavy atom. The van der Waals surface area contributed by atoms with E-state index < -0.39 is 24.7 Å². The predicted octanol–water partition coefficient (Wildman–Crippen LogP) is -6.74. The van der Waals surface area contributed by atoms with Crippen LogP contribution in [0.15, 0.2) is 0 Å². The lowest BCUT2D eigenvalue weighted by molar-refractivity contribution is -0.689. The van der Waals surface area contributed by atoms with Crippen molar-refractivity contribution in [2.75, 3.05) is 98.4 Å². The molecule has 0 aliphatic carbocycles. The molecule has 184 valence electrons. The molecule has 0 bridgehead atoms. The van der Waals surface area contributed by atoms with E-state index in [1.807, 2.05) is 9.80 Å². The van der Waals surface area contributed by atoms with Crippen molar-refractivity contribution >= 4 is 5.97 Å². The fourth-order valence-electron chi connectivity index (χ4n) is 3.61. The molecule has 1 fully saturated rings. The van der Waals surface area contributed by atoms with Crippen LogP contribution in [0.2, 0.25) is 0 Å². The number of aliphatic hydroxyl groups is 3. The van der Waals surface area contributed by atoms with Gasteiger partial charge in [0, 0.05) is 85.2 Å². The van der Waals surface area contributed by atoms with Crippen molar-refractivity contribution in [3.8, 4) is 0 Å². The molecule has 2 unspecified atom stereocenters. The van der Waals surface area contributed by atoms with Crippen LogP contribution in [0, 0.1) is 0 Å². The van der Waals surface area contributed by atoms with E-state index in [2.05, 4.69) is 9.78 Å². The van der Waals surface area contributed by atoms with Crippen LogP contribution in [0.5, 0.6) is 0 Å². The van der Waals surface area contributed by atoms with Gasteiger partial charge in [-0.3, -0.25) is 19.6 Å². The summed E-state index contributed by atoms with van der Waals surface area (Å²) in [6.07, 6.45) is -1.16. The average Bonchev–Trinajstić information content (AvgIpc) is 2.75. The largest absolute Gasteiger partial charge is 0.723 e. The molecule has 0 aromatic carbocycles. The molecule has 1 saturated heterocycles. The Hall–Kier alpha value is -0.970. The zero-order chi connectivity index (χ0) is 23.1. The van der Waals surface area contributed by atoms with Crippen LogP contribution in [0.1, 0.15) is 0 Å². The monoisotopic (exact) mass is 451 g/mol. The molecule has 1 aliphatic rings. The van der Waals surface area contributed by atoms with Crippen LogP contribution in [-0.4, -0.2) is 151 Å². The summed E-state index contributed by atoms with van der Waals surface area (Å²) in [6, 6.07) is -0.721. The van der Waals surface area contributed by atoms with E-state index in [4.69, 9.17) is 0 Å². The second kappa shape index (κ2) is 16.6. The van der Waals surface area contributed by atoms with Gasteiger partial charge in [-0.2, -0.15) is 0 Å². The van der Waals surface area contributed by atoms with Gasteiger partial charge in [-0.15, -0.1) is 0 Å². The minimum atomic E-state index is -1.22. The van der Waals surface area contributed by atoms with Gasteiger partial charge in [0.15, 0.2) is 0 Å². The molecule has 1 rings (SSSR count). The molecule has 13 nitrogen and oxygen atoms in total. The van der Waals surface area contributed by atoms with Crippen molar-refractivity contribution in [2.45, 2.75) is 12.1 Å². The molecule has 0 saturated carbocycles. The number of nitrogens with zero attached hydrogens (tertiary/aromatic N) is 4. The van der Waals surface area contributed by atoms with Crippen LogP contribution in [0.4, 0.5) is 0 Å². The first-order valence-electron chi connectivity index (χ1n) is 10.4. The van der Waals surface area contributed by atoms with Gasteiger partial charge in [-0.05, 0) is 0 Å². The Morgan fingerprint density at radius 1 is 0.806 bits per heavy atom. The summed E-state index contributed by atoms with van der Waals surface area (Å²) in [7, 11) is 0. The maximum atomic E-state index is 11.2. The highest BCUT2D eigenvalue weighted by atomic mass is 17.1. The molecule has 0 aromatic rings. The molecule has 0 radical (unpaired) electrons. The topological polar surface area (TPSA) is 178 Å². The molecule has 31 heavy (non-hydrogen) atoms. The molecule has 0 spiro atoms. The standard InChI is InChI=1S/C18H38N4O9/c23-14-16(17(25)15-24)22-7-5-20(10-12-31-29)2-1-19(9-11-30-28)3-4-21(6-8-22)13-18(26)27/h16-17,23-25,28-29H,1-15H2,(H,26,27)/p-3. The zero-order valence-electron chi connectivity index (χ0n) is 17.8. The van der Waals surface area contributed by atoms with Crippen LogP contribution >= 0.6 is 0 Å². The van der Waals surface area contributed by atoms with Gasteiger partial charge < -0.3 is 45.5 Å². The highest BCUT2D eigenvalue weighted by Crippen LogP contribution is 2.08. The Morgan fingerprint density at radius 2 is 1.26 bits per heavy atom. The number of rotatable bonds is 12. The van der Waals surface area contributed by atoms with Crippen molar-refractivity contribution in [1.29, 1.82) is 0 Å². The minimum Gasteiger partial charge on any atom is -0.723 e. The Labute approximate surface area is 182 Å². The number of hydrogen-bond acceptors (Lipinski definition) is 13. The highest BCUT2D eigenvalue weighted by Gasteiger charge is 2.26. The fourth-order valence-corrected chi connectivity index (χ4v) is 3.61.